The molecule has 0 fully saturated rings. The first-order valence-corrected chi connectivity index (χ1v) is 12.0. The molecule has 0 amide bonds. The Morgan fingerprint density at radius 3 is 1.37 bits per heavy atom. The van der Waals surface area contributed by atoms with Gasteiger partial charge in [-0.15, -0.1) is 0 Å². The summed E-state index contributed by atoms with van der Waals surface area (Å²) in [5.74, 6) is 0. The van der Waals surface area contributed by atoms with Gasteiger partial charge in [-0.05, 0) is 0 Å². The van der Waals surface area contributed by atoms with Gasteiger partial charge in [-0.2, -0.15) is 0 Å². The Balaban J connectivity index is 0. The topological polar surface area (TPSA) is 27.7 Å². The quantitative estimate of drug-likeness (QED) is 0.419. The Hall–Kier alpha value is 0.810. The number of hydrogen-bond donors (Lipinski definition) is 0. The molecule has 1 rings (SSSR count). The van der Waals surface area contributed by atoms with E-state index in [1.54, 1.807) is 21.3 Å². The molecule has 112 valence electrons. The maximum Gasteiger partial charge on any atom is -1.00 e. The molecule has 0 atom stereocenters. The van der Waals surface area contributed by atoms with Crippen molar-refractivity contribution in [3.8, 4) is 0 Å². The zero-order valence-electron chi connectivity index (χ0n) is 13.0. The van der Waals surface area contributed by atoms with E-state index in [2.05, 4.69) is 34.6 Å². The van der Waals surface area contributed by atoms with Gasteiger partial charge in [-0.25, -0.2) is 0 Å². The molecule has 1 aliphatic rings. The Morgan fingerprint density at radius 1 is 0.789 bits per heavy atom. The summed E-state index contributed by atoms with van der Waals surface area (Å²) in [6.45, 7) is 11.0. The first-order chi connectivity index (χ1) is 7.78. The van der Waals surface area contributed by atoms with Crippen LogP contribution in [0.2, 0.25) is 0 Å². The van der Waals surface area contributed by atoms with Gasteiger partial charge in [0.25, 0.3) is 0 Å². The summed E-state index contributed by atoms with van der Waals surface area (Å²) < 4.78 is 18.4. The van der Waals surface area contributed by atoms with Crippen molar-refractivity contribution in [2.24, 2.45) is 5.41 Å². The predicted octanol–water partition coefficient (Wildman–Crippen LogP) is -2.52. The van der Waals surface area contributed by atoms with Gasteiger partial charge in [0.1, 0.15) is 0 Å². The van der Waals surface area contributed by atoms with Crippen LogP contribution in [0.5, 0.6) is 0 Å². The Labute approximate surface area is 135 Å². The molecule has 0 aromatic heterocycles. The molecule has 0 unspecified atom stereocenters. The predicted molar refractivity (Wildman–Crippen MR) is 65.9 cm³/mol. The molecule has 0 heterocycles. The maximum absolute atomic E-state index is 5.72. The van der Waals surface area contributed by atoms with Crippen molar-refractivity contribution in [1.29, 1.82) is 0 Å². The van der Waals surface area contributed by atoms with E-state index in [4.69, 9.17) is 8.56 Å². The van der Waals surface area contributed by atoms with Crippen molar-refractivity contribution in [2.45, 2.75) is 34.6 Å². The minimum Gasteiger partial charge on any atom is -1.00 e. The fraction of sp³-hybridized carbons (Fsp3) is 0.692. The molecule has 1 aliphatic carbocycles. The molecule has 3 nitrogen and oxygen atoms in total. The van der Waals surface area contributed by atoms with Crippen molar-refractivity contribution < 1.29 is 54.7 Å². The summed E-state index contributed by atoms with van der Waals surface area (Å²) in [6, 6.07) is 0. The Bertz CT molecular complexity index is 377. The van der Waals surface area contributed by atoms with Crippen LogP contribution in [0, 0.1) is 5.41 Å². The van der Waals surface area contributed by atoms with Crippen LogP contribution in [0.4, 0.5) is 0 Å². The molecule has 0 radical (unpaired) electrons. The van der Waals surface area contributed by atoms with E-state index in [9.17, 15) is 0 Å². The van der Waals surface area contributed by atoms with Gasteiger partial charge < -0.3 is 24.8 Å². The van der Waals surface area contributed by atoms with Crippen molar-refractivity contribution in [3.05, 3.63) is 20.0 Å². The molecule has 0 bridgehead atoms. The van der Waals surface area contributed by atoms with Gasteiger partial charge in [0.2, 0.25) is 0 Å². The van der Waals surface area contributed by atoms with E-state index >= 15 is 0 Å². The minimum atomic E-state index is -3.71. The standard InChI is InChI=1S/C10H15.3CH3O.2ClH.Hf/c1-7-6-10(4,5)9(3)8(7)2;3*1-2;;;/h1-5H3;3*1H3;2*1H;/q;3*-1;;;+5/p-2. The molecular formula is C13H24Cl2HfO3. The number of rotatable bonds is 4. The molecular weight excluding hydrogens is 454 g/mol. The maximum atomic E-state index is 5.72. The summed E-state index contributed by atoms with van der Waals surface area (Å²) in [6.07, 6.45) is 0. The Kier molecular flexibility index (Phi) is 8.97. The van der Waals surface area contributed by atoms with E-state index in [-0.39, 0.29) is 30.2 Å². The van der Waals surface area contributed by atoms with Crippen LogP contribution in [0.3, 0.4) is 0 Å². The third-order valence-electron chi connectivity index (χ3n) is 4.17. The van der Waals surface area contributed by atoms with Gasteiger partial charge >= 0.3 is 111 Å². The van der Waals surface area contributed by atoms with E-state index in [0.717, 1.165) is 0 Å². The summed E-state index contributed by atoms with van der Waals surface area (Å²) in [5.41, 5.74) is 4.01. The molecule has 0 saturated heterocycles. The second-order valence-corrected chi connectivity index (χ2v) is 15.2. The van der Waals surface area contributed by atoms with Crippen molar-refractivity contribution in [2.75, 3.05) is 21.3 Å². The smallest absolute Gasteiger partial charge is 1.00 e. The monoisotopic (exact) mass is 478 g/mol. The molecule has 0 saturated carbocycles. The third kappa shape index (κ3) is 3.35. The Morgan fingerprint density at radius 2 is 1.16 bits per heavy atom. The van der Waals surface area contributed by atoms with E-state index in [0.29, 0.717) is 0 Å². The second kappa shape index (κ2) is 7.71. The van der Waals surface area contributed by atoms with Crippen molar-refractivity contribution in [3.63, 3.8) is 0 Å². The number of halogens is 2. The molecule has 0 aromatic carbocycles. The average Bonchev–Trinajstić information content (AvgIpc) is 2.46. The van der Waals surface area contributed by atoms with Crippen LogP contribution in [0.25, 0.3) is 0 Å². The van der Waals surface area contributed by atoms with Crippen molar-refractivity contribution in [1.82, 2.24) is 0 Å². The largest absolute Gasteiger partial charge is 1.00 e. The number of hydrogen-bond acceptors (Lipinski definition) is 3. The van der Waals surface area contributed by atoms with Gasteiger partial charge in [-0.1, -0.05) is 0 Å². The van der Waals surface area contributed by atoms with Crippen LogP contribution in [0.15, 0.2) is 20.0 Å². The first kappa shape index (κ1) is 22.1. The van der Waals surface area contributed by atoms with Crippen LogP contribution in [-0.4, -0.2) is 21.3 Å². The fourth-order valence-corrected chi connectivity index (χ4v) is 12.5. The summed E-state index contributed by atoms with van der Waals surface area (Å²) >= 11 is -3.71. The zero-order chi connectivity index (χ0) is 13.4. The second-order valence-electron chi connectivity index (χ2n) is 5.04. The minimum absolute atomic E-state index is 0. The summed E-state index contributed by atoms with van der Waals surface area (Å²) in [4.78, 5) is 0. The molecule has 0 aliphatic heterocycles. The SMILES string of the molecule is C[O][Hf+2]([O]C)([O]C)[C]1=C(C)C(C)=C(C)C1(C)C.[Cl-].[Cl-]. The average molecular weight is 478 g/mol. The van der Waals surface area contributed by atoms with Gasteiger partial charge in [0.05, 0.1) is 0 Å². The van der Waals surface area contributed by atoms with Crippen LogP contribution >= 0.6 is 0 Å². The van der Waals surface area contributed by atoms with Crippen molar-refractivity contribution >= 4 is 0 Å². The molecule has 0 N–H and O–H groups in total. The van der Waals surface area contributed by atoms with E-state index in [1.807, 2.05) is 0 Å². The van der Waals surface area contributed by atoms with Gasteiger partial charge in [0.15, 0.2) is 0 Å². The summed E-state index contributed by atoms with van der Waals surface area (Å²) in [7, 11) is 5.11. The van der Waals surface area contributed by atoms with Gasteiger partial charge in [-0.3, -0.25) is 0 Å². The normalized spacial score (nSPS) is 17.5. The number of allylic oxidation sites excluding steroid dienone is 4. The molecule has 0 spiro atoms. The third-order valence-corrected chi connectivity index (χ3v) is 15.8. The molecule has 0 aromatic rings. The van der Waals surface area contributed by atoms with E-state index in [1.165, 1.54) is 20.0 Å². The summed E-state index contributed by atoms with van der Waals surface area (Å²) in [5, 5.41) is 0. The van der Waals surface area contributed by atoms with Crippen LogP contribution < -0.4 is 24.8 Å². The van der Waals surface area contributed by atoms with Crippen LogP contribution in [0.1, 0.15) is 34.6 Å². The zero-order valence-corrected chi connectivity index (χ0v) is 18.1. The molecule has 6 heteroatoms. The van der Waals surface area contributed by atoms with Crippen LogP contribution in [-0.2, 0) is 29.8 Å². The fourth-order valence-electron chi connectivity index (χ4n) is 2.76. The van der Waals surface area contributed by atoms with Gasteiger partial charge in [0, 0.05) is 0 Å². The molecule has 19 heavy (non-hydrogen) atoms. The first-order valence-electron chi connectivity index (χ1n) is 5.84. The van der Waals surface area contributed by atoms with E-state index < -0.39 is 21.3 Å².